The van der Waals surface area contributed by atoms with Gasteiger partial charge < -0.3 is 10.1 Å². The highest BCUT2D eigenvalue weighted by Crippen LogP contribution is 2.25. The monoisotopic (exact) mass is 403 g/mol. The minimum absolute atomic E-state index is 0.273. The fourth-order valence-corrected chi connectivity index (χ4v) is 2.57. The molecule has 2 N–H and O–H groups in total. The van der Waals surface area contributed by atoms with Gasteiger partial charge in [0.05, 0.1) is 12.3 Å². The highest BCUT2D eigenvalue weighted by atomic mass is 127. The average molecular weight is 403 g/mol. The van der Waals surface area contributed by atoms with Crippen molar-refractivity contribution >= 4 is 45.1 Å². The molecule has 106 valence electrons. The third-order valence-corrected chi connectivity index (χ3v) is 3.93. The minimum atomic E-state index is -0.273. The van der Waals surface area contributed by atoms with Gasteiger partial charge in [-0.2, -0.15) is 0 Å². The summed E-state index contributed by atoms with van der Waals surface area (Å²) < 4.78 is 6.04. The molecular formula is C13H14IN3O2S. The number of amides is 2. The molecule has 1 aromatic carbocycles. The predicted molar refractivity (Wildman–Crippen MR) is 89.2 cm³/mol. The Hall–Kier alpha value is -1.19. The molecule has 2 rings (SSSR count). The van der Waals surface area contributed by atoms with Crippen LogP contribution in [0.5, 0.6) is 0 Å². The molecule has 0 aliphatic rings. The van der Waals surface area contributed by atoms with Crippen LogP contribution in [-0.2, 0) is 4.74 Å². The summed E-state index contributed by atoms with van der Waals surface area (Å²) in [6, 6.07) is 7.81. The molecule has 0 saturated heterocycles. The van der Waals surface area contributed by atoms with Gasteiger partial charge in [-0.3, -0.25) is 5.32 Å². The Morgan fingerprint density at radius 3 is 2.85 bits per heavy atom. The molecule has 0 fully saturated rings. The first kappa shape index (κ1) is 15.2. The number of halogens is 1. The highest BCUT2D eigenvalue weighted by Gasteiger charge is 2.07. The first-order chi connectivity index (χ1) is 9.69. The van der Waals surface area contributed by atoms with Crippen molar-refractivity contribution in [3.8, 4) is 11.3 Å². The van der Waals surface area contributed by atoms with Crippen LogP contribution in [0, 0.1) is 3.57 Å². The number of ether oxygens (including phenoxy) is 1. The van der Waals surface area contributed by atoms with Gasteiger partial charge in [0.1, 0.15) is 0 Å². The SMILES string of the molecule is COCCNC(=O)Nc1nc(-c2ccc(I)cc2)cs1. The quantitative estimate of drug-likeness (QED) is 0.596. The summed E-state index contributed by atoms with van der Waals surface area (Å²) in [5.74, 6) is 0. The Labute approximate surface area is 134 Å². The fraction of sp³-hybridized carbons (Fsp3) is 0.231. The lowest BCUT2D eigenvalue weighted by molar-refractivity contribution is 0.198. The second kappa shape index (κ2) is 7.55. The second-order valence-corrected chi connectivity index (χ2v) is 6.02. The predicted octanol–water partition coefficient (Wildman–Crippen LogP) is 3.18. The molecule has 0 spiro atoms. The van der Waals surface area contributed by atoms with E-state index in [-0.39, 0.29) is 6.03 Å². The number of urea groups is 1. The summed E-state index contributed by atoms with van der Waals surface area (Å²) >= 11 is 3.66. The first-order valence-corrected chi connectivity index (χ1v) is 7.90. The number of aromatic nitrogens is 1. The van der Waals surface area contributed by atoms with Crippen LogP contribution in [0.15, 0.2) is 29.6 Å². The number of carbonyl (C=O) groups excluding carboxylic acids is 1. The van der Waals surface area contributed by atoms with Gasteiger partial charge in [0.25, 0.3) is 0 Å². The van der Waals surface area contributed by atoms with Gasteiger partial charge >= 0.3 is 6.03 Å². The zero-order valence-corrected chi connectivity index (χ0v) is 13.8. The van der Waals surface area contributed by atoms with Gasteiger partial charge in [-0.25, -0.2) is 9.78 Å². The maximum Gasteiger partial charge on any atom is 0.321 e. The van der Waals surface area contributed by atoms with E-state index >= 15 is 0 Å². The van der Waals surface area contributed by atoms with Gasteiger partial charge in [0, 0.05) is 28.2 Å². The number of nitrogens with one attached hydrogen (secondary N) is 2. The van der Waals surface area contributed by atoms with E-state index in [2.05, 4.69) is 38.2 Å². The highest BCUT2D eigenvalue weighted by molar-refractivity contribution is 14.1. The lowest BCUT2D eigenvalue weighted by atomic mass is 10.2. The molecule has 2 amide bonds. The summed E-state index contributed by atoms with van der Waals surface area (Å²) in [6.07, 6.45) is 0. The van der Waals surface area contributed by atoms with Crippen LogP contribution in [0.4, 0.5) is 9.93 Å². The maximum absolute atomic E-state index is 11.6. The number of carbonyl (C=O) groups is 1. The second-order valence-electron chi connectivity index (χ2n) is 3.92. The number of nitrogens with zero attached hydrogens (tertiary/aromatic N) is 1. The normalized spacial score (nSPS) is 10.3. The Morgan fingerprint density at radius 1 is 1.40 bits per heavy atom. The van der Waals surface area contributed by atoms with E-state index in [1.165, 1.54) is 14.9 Å². The molecule has 0 aliphatic heterocycles. The van der Waals surface area contributed by atoms with E-state index in [4.69, 9.17) is 4.74 Å². The van der Waals surface area contributed by atoms with Crippen LogP contribution in [0.2, 0.25) is 0 Å². The number of hydrogen-bond acceptors (Lipinski definition) is 4. The van der Waals surface area contributed by atoms with Crippen LogP contribution in [-0.4, -0.2) is 31.3 Å². The molecule has 0 atom stereocenters. The van der Waals surface area contributed by atoms with Gasteiger partial charge in [-0.1, -0.05) is 12.1 Å². The van der Waals surface area contributed by atoms with Crippen molar-refractivity contribution in [1.82, 2.24) is 10.3 Å². The number of thiazole rings is 1. The van der Waals surface area contributed by atoms with Gasteiger partial charge in [-0.05, 0) is 34.7 Å². The van der Waals surface area contributed by atoms with Crippen molar-refractivity contribution in [3.05, 3.63) is 33.2 Å². The van der Waals surface area contributed by atoms with E-state index in [1.54, 1.807) is 7.11 Å². The van der Waals surface area contributed by atoms with Crippen molar-refractivity contribution in [3.63, 3.8) is 0 Å². The smallest absolute Gasteiger partial charge is 0.321 e. The van der Waals surface area contributed by atoms with Crippen molar-refractivity contribution in [2.24, 2.45) is 0 Å². The Balaban J connectivity index is 1.95. The van der Waals surface area contributed by atoms with Gasteiger partial charge in [0.15, 0.2) is 5.13 Å². The molecule has 7 heteroatoms. The number of anilines is 1. The van der Waals surface area contributed by atoms with Crippen molar-refractivity contribution in [1.29, 1.82) is 0 Å². The lowest BCUT2D eigenvalue weighted by Crippen LogP contribution is -2.31. The summed E-state index contributed by atoms with van der Waals surface area (Å²) in [4.78, 5) is 16.0. The zero-order valence-electron chi connectivity index (χ0n) is 10.9. The van der Waals surface area contributed by atoms with Crippen LogP contribution in [0.1, 0.15) is 0 Å². The largest absolute Gasteiger partial charge is 0.383 e. The summed E-state index contributed by atoms with van der Waals surface area (Å²) in [5, 5.41) is 7.88. The Kier molecular flexibility index (Phi) is 5.74. The summed E-state index contributed by atoms with van der Waals surface area (Å²) in [5.41, 5.74) is 1.90. The molecule has 20 heavy (non-hydrogen) atoms. The topological polar surface area (TPSA) is 63.2 Å². The summed E-state index contributed by atoms with van der Waals surface area (Å²) in [7, 11) is 1.59. The van der Waals surface area contributed by atoms with E-state index in [0.717, 1.165) is 11.3 Å². The molecule has 2 aromatic rings. The van der Waals surface area contributed by atoms with Crippen LogP contribution in [0.3, 0.4) is 0 Å². The molecule has 1 aromatic heterocycles. The standard InChI is InChI=1S/C13H14IN3O2S/c1-19-7-6-15-12(18)17-13-16-11(8-20-13)9-2-4-10(14)5-3-9/h2-5,8H,6-7H2,1H3,(H2,15,16,17,18). The van der Waals surface area contributed by atoms with Crippen molar-refractivity contribution in [2.45, 2.75) is 0 Å². The fourth-order valence-electron chi connectivity index (χ4n) is 1.49. The molecule has 0 unspecified atom stereocenters. The zero-order chi connectivity index (χ0) is 14.4. The Bertz CT molecular complexity index is 571. The number of rotatable bonds is 5. The molecule has 0 radical (unpaired) electrons. The third-order valence-electron chi connectivity index (χ3n) is 2.46. The number of methoxy groups -OCH3 is 1. The molecule has 0 aliphatic carbocycles. The third kappa shape index (κ3) is 4.43. The van der Waals surface area contributed by atoms with Crippen LogP contribution < -0.4 is 10.6 Å². The average Bonchev–Trinajstić information content (AvgIpc) is 2.88. The van der Waals surface area contributed by atoms with Gasteiger partial charge in [0.2, 0.25) is 0 Å². The van der Waals surface area contributed by atoms with E-state index in [1.807, 2.05) is 29.6 Å². The van der Waals surface area contributed by atoms with E-state index in [9.17, 15) is 4.79 Å². The van der Waals surface area contributed by atoms with Crippen molar-refractivity contribution in [2.75, 3.05) is 25.6 Å². The van der Waals surface area contributed by atoms with Gasteiger partial charge in [-0.15, -0.1) is 11.3 Å². The van der Waals surface area contributed by atoms with Crippen LogP contribution >= 0.6 is 33.9 Å². The first-order valence-electron chi connectivity index (χ1n) is 5.94. The minimum Gasteiger partial charge on any atom is -0.383 e. The van der Waals surface area contributed by atoms with Crippen LogP contribution in [0.25, 0.3) is 11.3 Å². The Morgan fingerprint density at radius 2 is 2.15 bits per heavy atom. The lowest BCUT2D eigenvalue weighted by Gasteiger charge is -2.04. The molecular weight excluding hydrogens is 389 g/mol. The maximum atomic E-state index is 11.6. The molecule has 0 saturated carbocycles. The summed E-state index contributed by atoms with van der Waals surface area (Å²) in [6.45, 7) is 0.955. The number of hydrogen-bond donors (Lipinski definition) is 2. The molecule has 0 bridgehead atoms. The number of benzene rings is 1. The molecule has 5 nitrogen and oxygen atoms in total. The van der Waals surface area contributed by atoms with Crippen molar-refractivity contribution < 1.29 is 9.53 Å². The van der Waals surface area contributed by atoms with E-state index in [0.29, 0.717) is 18.3 Å². The van der Waals surface area contributed by atoms with E-state index < -0.39 is 0 Å². The molecule has 1 heterocycles.